The second-order valence-corrected chi connectivity index (χ2v) is 7.14. The molecule has 1 aliphatic heterocycles. The van der Waals surface area contributed by atoms with Gasteiger partial charge in [-0.3, -0.25) is 14.8 Å². The Kier molecular flexibility index (Phi) is 4.33. The van der Waals surface area contributed by atoms with Crippen molar-refractivity contribution in [2.24, 2.45) is 5.10 Å². The van der Waals surface area contributed by atoms with Crippen LogP contribution < -0.4 is 0 Å². The Morgan fingerprint density at radius 1 is 1.03 bits per heavy atom. The van der Waals surface area contributed by atoms with Gasteiger partial charge in [-0.2, -0.15) is 5.10 Å². The van der Waals surface area contributed by atoms with E-state index < -0.39 is 0 Å². The Hall–Kier alpha value is -3.51. The molecule has 0 spiro atoms. The van der Waals surface area contributed by atoms with E-state index in [2.05, 4.69) is 15.1 Å². The highest BCUT2D eigenvalue weighted by Gasteiger charge is 2.35. The Morgan fingerprint density at radius 2 is 1.90 bits per heavy atom. The number of hydrogen-bond acceptors (Lipinski definition) is 5. The lowest BCUT2D eigenvalue weighted by Gasteiger charge is -2.21. The molecule has 0 unspecified atom stereocenters. The molecule has 1 amide bonds. The zero-order chi connectivity index (χ0) is 19.8. The number of aromatic nitrogens is 2. The van der Waals surface area contributed by atoms with Crippen molar-refractivity contribution >= 4 is 34.3 Å². The largest absolute Gasteiger partial charge is 0.459 e. The fourth-order valence-electron chi connectivity index (χ4n) is 3.50. The van der Waals surface area contributed by atoms with Crippen LogP contribution in [-0.2, 0) is 0 Å². The summed E-state index contributed by atoms with van der Waals surface area (Å²) in [5.74, 6) is -0.0528. The van der Waals surface area contributed by atoms with Gasteiger partial charge in [0.25, 0.3) is 0 Å². The summed E-state index contributed by atoms with van der Waals surface area (Å²) in [6.45, 7) is 0. The van der Waals surface area contributed by atoms with Gasteiger partial charge in [-0.15, -0.1) is 0 Å². The summed E-state index contributed by atoms with van der Waals surface area (Å²) < 4.78 is 5.32. The number of carbonyl (C=O) groups is 1. The third-order valence-corrected chi connectivity index (χ3v) is 5.12. The predicted octanol–water partition coefficient (Wildman–Crippen LogP) is 4.87. The first-order valence-electron chi connectivity index (χ1n) is 9.10. The van der Waals surface area contributed by atoms with Crippen molar-refractivity contribution in [1.82, 2.24) is 15.0 Å². The Labute approximate surface area is 171 Å². The molecule has 0 bridgehead atoms. The Balaban J connectivity index is 1.57. The number of hydrogen-bond donors (Lipinski definition) is 0. The van der Waals surface area contributed by atoms with E-state index in [1.165, 1.54) is 11.3 Å². The maximum atomic E-state index is 13.1. The quantitative estimate of drug-likeness (QED) is 0.490. The van der Waals surface area contributed by atoms with Gasteiger partial charge in [0, 0.05) is 23.8 Å². The van der Waals surface area contributed by atoms with Crippen LogP contribution >= 0.6 is 11.6 Å². The van der Waals surface area contributed by atoms with Crippen molar-refractivity contribution < 1.29 is 9.21 Å². The van der Waals surface area contributed by atoms with Crippen LogP contribution in [0.1, 0.15) is 34.1 Å². The highest BCUT2D eigenvalue weighted by molar-refractivity contribution is 6.31. The van der Waals surface area contributed by atoms with Crippen molar-refractivity contribution in [1.29, 1.82) is 0 Å². The van der Waals surface area contributed by atoms with Crippen LogP contribution in [0.4, 0.5) is 0 Å². The van der Waals surface area contributed by atoms with Crippen molar-refractivity contribution in [2.75, 3.05) is 0 Å². The highest BCUT2D eigenvalue weighted by Crippen LogP contribution is 2.35. The molecule has 0 aliphatic carbocycles. The summed E-state index contributed by atoms with van der Waals surface area (Å²) in [7, 11) is 0. The zero-order valence-corrected chi connectivity index (χ0v) is 16.0. The number of nitrogens with zero attached hydrogens (tertiary/aromatic N) is 4. The molecule has 0 saturated carbocycles. The number of carbonyl (C=O) groups excluding carboxylic acids is 1. The van der Waals surface area contributed by atoms with Gasteiger partial charge in [-0.1, -0.05) is 29.8 Å². The predicted molar refractivity (Wildman–Crippen MR) is 110 cm³/mol. The van der Waals surface area contributed by atoms with E-state index in [-0.39, 0.29) is 17.7 Å². The molecule has 4 aromatic rings. The molecule has 1 aliphatic rings. The van der Waals surface area contributed by atoms with Gasteiger partial charge in [0.05, 0.1) is 29.1 Å². The fraction of sp³-hybridized carbons (Fsp3) is 0.0909. The van der Waals surface area contributed by atoms with Crippen molar-refractivity contribution in [2.45, 2.75) is 12.5 Å². The molecule has 0 saturated heterocycles. The van der Waals surface area contributed by atoms with Crippen LogP contribution in [0.15, 0.2) is 82.8 Å². The third-order valence-electron chi connectivity index (χ3n) is 4.89. The average molecular weight is 403 g/mol. The molecular formula is C22H15ClN4O2. The standard InChI is InChI=1S/C22H15ClN4O2/c23-16-4-1-3-14(11-16)18-13-20(27(26-18)22(28)21-5-2-10-29-21)15-6-7-17-19(12-15)25-9-8-24-17/h1-12,20H,13H2/t20-/m0/s1. The normalized spacial score (nSPS) is 16.2. The molecule has 29 heavy (non-hydrogen) atoms. The fourth-order valence-corrected chi connectivity index (χ4v) is 3.69. The monoisotopic (exact) mass is 402 g/mol. The second kappa shape index (κ2) is 7.14. The van der Waals surface area contributed by atoms with E-state index in [9.17, 15) is 4.79 Å². The van der Waals surface area contributed by atoms with Crippen molar-refractivity contribution in [3.8, 4) is 0 Å². The number of amides is 1. The number of benzene rings is 2. The van der Waals surface area contributed by atoms with Crippen LogP contribution in [0.3, 0.4) is 0 Å². The zero-order valence-electron chi connectivity index (χ0n) is 15.2. The summed E-state index contributed by atoms with van der Waals surface area (Å²) in [6.07, 6.45) is 5.34. The van der Waals surface area contributed by atoms with E-state index in [4.69, 9.17) is 16.0 Å². The number of rotatable bonds is 3. The summed E-state index contributed by atoms with van der Waals surface area (Å²) >= 11 is 6.16. The molecule has 5 rings (SSSR count). The number of halogens is 1. The summed E-state index contributed by atoms with van der Waals surface area (Å²) in [6, 6.07) is 16.3. The molecular weight excluding hydrogens is 388 g/mol. The Morgan fingerprint density at radius 3 is 2.69 bits per heavy atom. The lowest BCUT2D eigenvalue weighted by molar-refractivity contribution is 0.0678. The first-order chi connectivity index (χ1) is 14.2. The lowest BCUT2D eigenvalue weighted by Crippen LogP contribution is -2.26. The summed E-state index contributed by atoms with van der Waals surface area (Å²) in [5.41, 5.74) is 4.17. The van der Waals surface area contributed by atoms with Crippen molar-refractivity contribution in [3.63, 3.8) is 0 Å². The molecule has 0 N–H and O–H groups in total. The van der Waals surface area contributed by atoms with Gasteiger partial charge in [0.15, 0.2) is 5.76 Å². The number of hydrazone groups is 1. The molecule has 142 valence electrons. The molecule has 6 nitrogen and oxygen atoms in total. The van der Waals surface area contributed by atoms with Gasteiger partial charge in [-0.05, 0) is 47.5 Å². The lowest BCUT2D eigenvalue weighted by atomic mass is 9.98. The molecule has 2 aromatic heterocycles. The molecule has 7 heteroatoms. The minimum absolute atomic E-state index is 0.242. The Bertz CT molecular complexity index is 1240. The molecule has 0 radical (unpaired) electrons. The molecule has 0 fully saturated rings. The van der Waals surface area contributed by atoms with E-state index in [0.29, 0.717) is 11.4 Å². The van der Waals surface area contributed by atoms with E-state index >= 15 is 0 Å². The van der Waals surface area contributed by atoms with Gasteiger partial charge >= 0.3 is 5.91 Å². The minimum atomic E-state index is -0.295. The van der Waals surface area contributed by atoms with E-state index in [0.717, 1.165) is 27.9 Å². The summed E-state index contributed by atoms with van der Waals surface area (Å²) in [5, 5.41) is 6.74. The van der Waals surface area contributed by atoms with Gasteiger partial charge < -0.3 is 4.42 Å². The summed E-state index contributed by atoms with van der Waals surface area (Å²) in [4.78, 5) is 21.8. The molecule has 3 heterocycles. The average Bonchev–Trinajstić information content (AvgIpc) is 3.43. The first-order valence-corrected chi connectivity index (χ1v) is 9.48. The van der Waals surface area contributed by atoms with Crippen LogP contribution in [0.2, 0.25) is 5.02 Å². The first kappa shape index (κ1) is 17.6. The SMILES string of the molecule is O=C(c1ccco1)N1N=C(c2cccc(Cl)c2)C[C@H]1c1ccc2nccnc2c1. The maximum Gasteiger partial charge on any atom is 0.310 e. The highest BCUT2D eigenvalue weighted by atomic mass is 35.5. The van der Waals surface area contributed by atoms with E-state index in [1.54, 1.807) is 24.5 Å². The van der Waals surface area contributed by atoms with Gasteiger partial charge in [0.2, 0.25) is 0 Å². The van der Waals surface area contributed by atoms with Crippen LogP contribution in [0.5, 0.6) is 0 Å². The van der Waals surface area contributed by atoms with Crippen molar-refractivity contribution in [3.05, 3.63) is 95.2 Å². The van der Waals surface area contributed by atoms with Crippen LogP contribution in [0.25, 0.3) is 11.0 Å². The smallest absolute Gasteiger partial charge is 0.310 e. The maximum absolute atomic E-state index is 13.1. The molecule has 1 atom stereocenters. The minimum Gasteiger partial charge on any atom is -0.459 e. The van der Waals surface area contributed by atoms with Crippen LogP contribution in [0, 0.1) is 0 Å². The number of fused-ring (bicyclic) bond motifs is 1. The van der Waals surface area contributed by atoms with E-state index in [1.807, 2.05) is 42.5 Å². The van der Waals surface area contributed by atoms with Gasteiger partial charge in [0.1, 0.15) is 0 Å². The molecule has 2 aromatic carbocycles. The van der Waals surface area contributed by atoms with Gasteiger partial charge in [-0.25, -0.2) is 5.01 Å². The van der Waals surface area contributed by atoms with Crippen LogP contribution in [-0.4, -0.2) is 26.6 Å². The topological polar surface area (TPSA) is 71.6 Å². The third kappa shape index (κ3) is 3.28. The second-order valence-electron chi connectivity index (χ2n) is 6.71. The number of furan rings is 1.